The van der Waals surface area contributed by atoms with E-state index >= 15 is 0 Å². The molecule has 0 bridgehead atoms. The Labute approximate surface area is 55.8 Å². The first-order valence-corrected chi connectivity index (χ1v) is 4.13. The third-order valence-corrected chi connectivity index (χ3v) is 1.96. The Hall–Kier alpha value is -0.570. The molecule has 0 aliphatic rings. The largest absolute Gasteiger partial charge is 0.228 e. The summed E-state index contributed by atoms with van der Waals surface area (Å²) in [5.41, 5.74) is 0. The van der Waals surface area contributed by atoms with Crippen LogP contribution in [0.1, 0.15) is 0 Å². The Balaban J connectivity index is 4.03. The normalized spacial score (nSPS) is 10.7. The number of sulfone groups is 1. The molecule has 0 saturated carbocycles. The molecule has 0 rings (SSSR count). The lowest BCUT2D eigenvalue weighted by Crippen LogP contribution is -2.01. The first-order valence-electron chi connectivity index (χ1n) is 2.42. The van der Waals surface area contributed by atoms with Gasteiger partial charge in [0.05, 0.1) is 11.5 Å². The minimum absolute atomic E-state index is 0.0149. The van der Waals surface area contributed by atoms with Crippen molar-refractivity contribution < 1.29 is 8.42 Å². The van der Waals surface area contributed by atoms with Crippen LogP contribution in [0, 0.1) is 5.75 Å². The highest BCUT2D eigenvalue weighted by Crippen LogP contribution is 1.95. The van der Waals surface area contributed by atoms with Crippen LogP contribution in [0.15, 0.2) is 25.3 Å². The Bertz CT molecular complexity index is 173. The van der Waals surface area contributed by atoms with Crippen molar-refractivity contribution in [2.45, 2.75) is 0 Å². The van der Waals surface area contributed by atoms with Crippen molar-refractivity contribution in [1.82, 2.24) is 0 Å². The molecule has 0 atom stereocenters. The summed E-state index contributed by atoms with van der Waals surface area (Å²) in [6.07, 6.45) is 2.59. The van der Waals surface area contributed by atoms with E-state index in [0.717, 1.165) is 5.75 Å². The van der Waals surface area contributed by atoms with Crippen LogP contribution in [0.5, 0.6) is 0 Å². The topological polar surface area (TPSA) is 34.1 Å². The van der Waals surface area contributed by atoms with Crippen LogP contribution in [-0.4, -0.2) is 14.2 Å². The minimum Gasteiger partial charge on any atom is -0.228 e. The lowest BCUT2D eigenvalue weighted by Gasteiger charge is -1.91. The van der Waals surface area contributed by atoms with Crippen molar-refractivity contribution in [2.75, 3.05) is 5.75 Å². The van der Waals surface area contributed by atoms with E-state index in [-0.39, 0.29) is 5.75 Å². The van der Waals surface area contributed by atoms with Gasteiger partial charge in [0.25, 0.3) is 0 Å². The summed E-state index contributed by atoms with van der Waals surface area (Å²) in [6, 6.07) is 0. The van der Waals surface area contributed by atoms with Gasteiger partial charge in [0, 0.05) is 0 Å². The fraction of sp³-hybridized carbons (Fsp3) is 0.167. The Morgan fingerprint density at radius 3 is 2.22 bits per heavy atom. The molecule has 9 heavy (non-hydrogen) atoms. The zero-order valence-electron chi connectivity index (χ0n) is 5.08. The molecule has 0 aliphatic heterocycles. The Morgan fingerprint density at radius 1 is 1.33 bits per heavy atom. The van der Waals surface area contributed by atoms with E-state index in [9.17, 15) is 8.42 Å². The molecule has 0 aromatic heterocycles. The molecule has 0 aliphatic carbocycles. The second kappa shape index (κ2) is 3.45. The van der Waals surface area contributed by atoms with Gasteiger partial charge in [0.15, 0.2) is 9.84 Å². The summed E-state index contributed by atoms with van der Waals surface area (Å²) in [4.78, 5) is 0. The van der Waals surface area contributed by atoms with Gasteiger partial charge in [-0.1, -0.05) is 12.2 Å². The van der Waals surface area contributed by atoms with Crippen molar-refractivity contribution in [2.24, 2.45) is 0 Å². The van der Waals surface area contributed by atoms with E-state index in [4.69, 9.17) is 0 Å². The Morgan fingerprint density at radius 2 is 1.89 bits per heavy atom. The van der Waals surface area contributed by atoms with Gasteiger partial charge in [0.1, 0.15) is 0 Å². The summed E-state index contributed by atoms with van der Waals surface area (Å²) in [5.74, 6) is 1.05. The van der Waals surface area contributed by atoms with Gasteiger partial charge >= 0.3 is 0 Å². The highest BCUT2D eigenvalue weighted by atomic mass is 32.2. The molecule has 0 heterocycles. The number of rotatable bonds is 4. The third kappa shape index (κ3) is 3.97. The Kier molecular flexibility index (Phi) is 3.24. The molecule has 0 saturated heterocycles. The van der Waals surface area contributed by atoms with Crippen molar-refractivity contribution in [3.05, 3.63) is 31.1 Å². The molecule has 2 nitrogen and oxygen atoms in total. The van der Waals surface area contributed by atoms with E-state index in [1.807, 2.05) is 0 Å². The smallest absolute Gasteiger partial charge is 0.161 e. The average Bonchev–Trinajstić information content (AvgIpc) is 1.64. The summed E-state index contributed by atoms with van der Waals surface area (Å²) < 4.78 is 21.3. The standard InChI is InChI=1S/C6H9O2S/c1-3-5-9(7,8)6-4-2/h3-5H,1-2,6H2/i6+2. The quantitative estimate of drug-likeness (QED) is 0.554. The third-order valence-electron chi connectivity index (χ3n) is 0.654. The molecule has 0 aromatic carbocycles. The van der Waals surface area contributed by atoms with Gasteiger partial charge in [-0.15, -0.1) is 13.2 Å². The highest BCUT2D eigenvalue weighted by Gasteiger charge is 2.03. The average molecular weight is 147 g/mol. The molecule has 3 heteroatoms. The summed E-state index contributed by atoms with van der Waals surface area (Å²) >= 11 is 0. The van der Waals surface area contributed by atoms with Gasteiger partial charge < -0.3 is 0 Å². The highest BCUT2D eigenvalue weighted by molar-refractivity contribution is 7.93. The van der Waals surface area contributed by atoms with Crippen LogP contribution < -0.4 is 0 Å². The second-order valence-electron chi connectivity index (χ2n) is 1.49. The van der Waals surface area contributed by atoms with Gasteiger partial charge in [-0.05, 0) is 0 Å². The minimum atomic E-state index is -3.04. The van der Waals surface area contributed by atoms with Gasteiger partial charge in [0.2, 0.25) is 0 Å². The van der Waals surface area contributed by atoms with Crippen LogP contribution in [0.2, 0.25) is 0 Å². The summed E-state index contributed by atoms with van der Waals surface area (Å²) in [5, 5.41) is 0. The summed E-state index contributed by atoms with van der Waals surface area (Å²) in [7, 11) is -3.04. The molecule has 0 N–H and O–H groups in total. The van der Waals surface area contributed by atoms with Crippen LogP contribution in [-0.2, 0) is 9.84 Å². The fourth-order valence-electron chi connectivity index (χ4n) is 0.366. The van der Waals surface area contributed by atoms with Gasteiger partial charge in [-0.3, -0.25) is 0 Å². The van der Waals surface area contributed by atoms with Crippen molar-refractivity contribution in [3.8, 4) is 0 Å². The van der Waals surface area contributed by atoms with E-state index in [1.165, 1.54) is 12.2 Å². The van der Waals surface area contributed by atoms with Crippen LogP contribution in [0.3, 0.4) is 0 Å². The van der Waals surface area contributed by atoms with Crippen LogP contribution in [0.4, 0.5) is 0 Å². The predicted octanol–water partition coefficient (Wildman–Crippen LogP) is 0.935. The predicted molar refractivity (Wildman–Crippen MR) is 38.5 cm³/mol. The van der Waals surface area contributed by atoms with Crippen LogP contribution >= 0.6 is 0 Å². The molecule has 0 spiro atoms. The monoisotopic (exact) mass is 147 g/mol. The van der Waals surface area contributed by atoms with E-state index in [2.05, 4.69) is 13.2 Å². The first-order chi connectivity index (χ1) is 4.12. The SMILES string of the molecule is C=C[CH]S(=O)(=O)[14CH2]C=C. The van der Waals surface area contributed by atoms with Gasteiger partial charge in [-0.2, -0.15) is 0 Å². The number of hydrogen-bond acceptors (Lipinski definition) is 2. The molecular weight excluding hydrogens is 138 g/mol. The zero-order valence-corrected chi connectivity index (χ0v) is 5.89. The maximum atomic E-state index is 10.6. The second-order valence-corrected chi connectivity index (χ2v) is 3.42. The zero-order chi connectivity index (χ0) is 7.33. The maximum absolute atomic E-state index is 10.6. The molecule has 0 fully saturated rings. The van der Waals surface area contributed by atoms with E-state index in [1.54, 1.807) is 0 Å². The maximum Gasteiger partial charge on any atom is 0.161 e. The van der Waals surface area contributed by atoms with Crippen molar-refractivity contribution in [3.63, 3.8) is 0 Å². The number of hydrogen-bond donors (Lipinski definition) is 0. The van der Waals surface area contributed by atoms with E-state index in [0.29, 0.717) is 0 Å². The fourth-order valence-corrected chi connectivity index (χ4v) is 1.10. The van der Waals surface area contributed by atoms with Crippen molar-refractivity contribution in [1.29, 1.82) is 0 Å². The molecule has 0 amide bonds. The molecule has 1 radical (unpaired) electrons. The first kappa shape index (κ1) is 8.43. The molecule has 51 valence electrons. The lowest BCUT2D eigenvalue weighted by molar-refractivity contribution is 0.605. The van der Waals surface area contributed by atoms with Crippen LogP contribution in [0.25, 0.3) is 0 Å². The summed E-state index contributed by atoms with van der Waals surface area (Å²) in [6.45, 7) is 6.55. The lowest BCUT2D eigenvalue weighted by atomic mass is 10.8. The molecular formula is C6H9O2S. The molecule has 0 aromatic rings. The van der Waals surface area contributed by atoms with Gasteiger partial charge in [-0.25, -0.2) is 8.42 Å². The van der Waals surface area contributed by atoms with E-state index < -0.39 is 9.84 Å². The molecule has 0 unspecified atom stereocenters. The van der Waals surface area contributed by atoms with Crippen molar-refractivity contribution >= 4 is 9.84 Å².